The second-order valence-electron chi connectivity index (χ2n) is 6.10. The van der Waals surface area contributed by atoms with Gasteiger partial charge < -0.3 is 14.3 Å². The maximum Gasteiger partial charge on any atom is 0.287 e. The summed E-state index contributed by atoms with van der Waals surface area (Å²) in [5.41, 5.74) is 3.04. The van der Waals surface area contributed by atoms with Gasteiger partial charge in [-0.05, 0) is 56.4 Å². The van der Waals surface area contributed by atoms with E-state index in [9.17, 15) is 4.79 Å². The molecule has 3 aromatic rings. The van der Waals surface area contributed by atoms with Crippen molar-refractivity contribution in [2.24, 2.45) is 0 Å². The third kappa shape index (κ3) is 4.38. The van der Waals surface area contributed by atoms with Gasteiger partial charge in [0.2, 0.25) is 0 Å². The van der Waals surface area contributed by atoms with Gasteiger partial charge in [0.25, 0.3) is 5.91 Å². The van der Waals surface area contributed by atoms with Crippen LogP contribution in [0.4, 0.5) is 0 Å². The molecule has 2 aromatic heterocycles. The van der Waals surface area contributed by atoms with E-state index in [1.54, 1.807) is 17.8 Å². The van der Waals surface area contributed by atoms with Crippen LogP contribution < -0.4 is 5.32 Å². The summed E-state index contributed by atoms with van der Waals surface area (Å²) in [6.07, 6.45) is 3.40. The fourth-order valence-electron chi connectivity index (χ4n) is 2.72. The summed E-state index contributed by atoms with van der Waals surface area (Å²) in [5, 5.41) is 6.84. The zero-order valence-corrected chi connectivity index (χ0v) is 16.0. The van der Waals surface area contributed by atoms with E-state index in [2.05, 4.69) is 41.0 Å². The number of nitrogens with zero attached hydrogens (tertiary/aromatic N) is 1. The lowest BCUT2D eigenvalue weighted by Crippen LogP contribution is -2.25. The lowest BCUT2D eigenvalue weighted by molar-refractivity contribution is 0.0925. The number of carbonyl (C=O) groups is 1. The minimum atomic E-state index is -0.198. The Morgan fingerprint density at radius 3 is 2.58 bits per heavy atom. The van der Waals surface area contributed by atoms with E-state index in [4.69, 9.17) is 8.94 Å². The number of carbonyl (C=O) groups excluding carboxylic acids is 1. The monoisotopic (exact) mass is 370 g/mol. The molecule has 26 heavy (non-hydrogen) atoms. The van der Waals surface area contributed by atoms with Gasteiger partial charge in [0, 0.05) is 23.4 Å². The molecule has 1 amide bonds. The number of aryl methyl sites for hydroxylation is 2. The molecule has 0 aliphatic rings. The summed E-state index contributed by atoms with van der Waals surface area (Å²) in [5.74, 6) is 1.62. The number of furan rings is 1. The Kier molecular flexibility index (Phi) is 5.83. The Balaban J connectivity index is 1.53. The van der Waals surface area contributed by atoms with Crippen molar-refractivity contribution in [3.8, 4) is 0 Å². The van der Waals surface area contributed by atoms with Gasteiger partial charge in [0.15, 0.2) is 5.76 Å². The van der Waals surface area contributed by atoms with Crippen LogP contribution >= 0.6 is 11.8 Å². The highest BCUT2D eigenvalue weighted by molar-refractivity contribution is 7.98. The summed E-state index contributed by atoms with van der Waals surface area (Å²) in [6.45, 7) is 4.34. The molecular formula is C20H22N2O3S. The molecule has 2 heterocycles. The molecule has 136 valence electrons. The Hall–Kier alpha value is -2.47. The minimum absolute atomic E-state index is 0.198. The number of amides is 1. The van der Waals surface area contributed by atoms with E-state index < -0.39 is 0 Å². The van der Waals surface area contributed by atoms with Gasteiger partial charge in [-0.3, -0.25) is 4.79 Å². The van der Waals surface area contributed by atoms with Crippen molar-refractivity contribution in [2.75, 3.05) is 12.8 Å². The number of benzene rings is 1. The normalized spacial score (nSPS) is 10.9. The predicted octanol–water partition coefficient (Wildman–Crippen LogP) is 4.17. The first-order valence-electron chi connectivity index (χ1n) is 8.48. The van der Waals surface area contributed by atoms with Crippen molar-refractivity contribution < 1.29 is 13.7 Å². The van der Waals surface area contributed by atoms with E-state index in [1.165, 1.54) is 10.5 Å². The first-order valence-corrected chi connectivity index (χ1v) is 9.71. The summed E-state index contributed by atoms with van der Waals surface area (Å²) in [4.78, 5) is 13.5. The van der Waals surface area contributed by atoms with E-state index in [1.807, 2.05) is 19.9 Å². The molecule has 0 aliphatic carbocycles. The Morgan fingerprint density at radius 1 is 1.15 bits per heavy atom. The molecule has 0 bridgehead atoms. The Labute approximate surface area is 157 Å². The highest BCUT2D eigenvalue weighted by atomic mass is 32.2. The van der Waals surface area contributed by atoms with Crippen LogP contribution in [0.25, 0.3) is 0 Å². The van der Waals surface area contributed by atoms with Gasteiger partial charge in [0.05, 0.1) is 5.69 Å². The molecule has 1 N–H and O–H groups in total. The average Bonchev–Trinajstić information content (AvgIpc) is 3.24. The van der Waals surface area contributed by atoms with E-state index in [0.29, 0.717) is 18.7 Å². The van der Waals surface area contributed by atoms with Gasteiger partial charge in [-0.25, -0.2) is 0 Å². The van der Waals surface area contributed by atoms with Crippen molar-refractivity contribution in [3.63, 3.8) is 0 Å². The number of thioether (sulfide) groups is 1. The molecular weight excluding hydrogens is 348 g/mol. The van der Waals surface area contributed by atoms with Crippen molar-refractivity contribution in [3.05, 3.63) is 70.5 Å². The second-order valence-corrected chi connectivity index (χ2v) is 6.98. The summed E-state index contributed by atoms with van der Waals surface area (Å²) in [6, 6.07) is 11.9. The predicted molar refractivity (Wildman–Crippen MR) is 102 cm³/mol. The summed E-state index contributed by atoms with van der Waals surface area (Å²) >= 11 is 1.72. The largest absolute Gasteiger partial charge is 0.456 e. The zero-order chi connectivity index (χ0) is 18.5. The van der Waals surface area contributed by atoms with Crippen LogP contribution in [-0.4, -0.2) is 23.9 Å². The number of nitrogens with one attached hydrogen (secondary N) is 1. The standard InChI is InChI=1S/C20H22N2O3S/c1-13-18(14(2)25-22-13)12-16-6-9-19(24-16)20(23)21-11-10-15-4-7-17(26-3)8-5-15/h4-9H,10-12H2,1-3H3,(H,21,23). The Bertz CT molecular complexity index is 861. The zero-order valence-electron chi connectivity index (χ0n) is 15.2. The van der Waals surface area contributed by atoms with Gasteiger partial charge in [-0.2, -0.15) is 0 Å². The van der Waals surface area contributed by atoms with Crippen molar-refractivity contribution in [1.82, 2.24) is 10.5 Å². The second kappa shape index (κ2) is 8.27. The molecule has 3 rings (SSSR count). The fraction of sp³-hybridized carbons (Fsp3) is 0.300. The smallest absolute Gasteiger partial charge is 0.287 e. The topological polar surface area (TPSA) is 68.3 Å². The first kappa shape index (κ1) is 18.3. The Morgan fingerprint density at radius 2 is 1.92 bits per heavy atom. The fourth-order valence-corrected chi connectivity index (χ4v) is 3.13. The third-order valence-electron chi connectivity index (χ3n) is 4.28. The van der Waals surface area contributed by atoms with Gasteiger partial charge in [0.1, 0.15) is 11.5 Å². The van der Waals surface area contributed by atoms with Crippen LogP contribution in [-0.2, 0) is 12.8 Å². The molecule has 0 fully saturated rings. The van der Waals surface area contributed by atoms with Gasteiger partial charge in [-0.15, -0.1) is 11.8 Å². The number of hydrogen-bond acceptors (Lipinski definition) is 5. The highest BCUT2D eigenvalue weighted by Crippen LogP contribution is 2.19. The molecule has 6 heteroatoms. The number of rotatable bonds is 7. The molecule has 0 radical (unpaired) electrons. The van der Waals surface area contributed by atoms with Crippen LogP contribution in [0.2, 0.25) is 0 Å². The molecule has 0 spiro atoms. The lowest BCUT2D eigenvalue weighted by atomic mass is 10.1. The molecule has 0 saturated carbocycles. The van der Waals surface area contributed by atoms with Crippen LogP contribution in [0, 0.1) is 13.8 Å². The van der Waals surface area contributed by atoms with E-state index >= 15 is 0 Å². The molecule has 0 saturated heterocycles. The first-order chi connectivity index (χ1) is 12.6. The van der Waals surface area contributed by atoms with Crippen LogP contribution in [0.5, 0.6) is 0 Å². The van der Waals surface area contributed by atoms with Gasteiger partial charge in [-0.1, -0.05) is 17.3 Å². The highest BCUT2D eigenvalue weighted by Gasteiger charge is 2.15. The van der Waals surface area contributed by atoms with Crippen molar-refractivity contribution in [2.45, 2.75) is 31.6 Å². The van der Waals surface area contributed by atoms with E-state index in [-0.39, 0.29) is 5.91 Å². The average molecular weight is 370 g/mol. The quantitative estimate of drug-likeness (QED) is 0.632. The van der Waals surface area contributed by atoms with Crippen LogP contribution in [0.15, 0.2) is 50.2 Å². The van der Waals surface area contributed by atoms with Crippen LogP contribution in [0.1, 0.15) is 38.9 Å². The third-order valence-corrected chi connectivity index (χ3v) is 5.02. The van der Waals surface area contributed by atoms with Crippen LogP contribution in [0.3, 0.4) is 0 Å². The van der Waals surface area contributed by atoms with Crippen molar-refractivity contribution >= 4 is 17.7 Å². The molecule has 0 atom stereocenters. The minimum Gasteiger partial charge on any atom is -0.456 e. The molecule has 5 nitrogen and oxygen atoms in total. The SMILES string of the molecule is CSc1ccc(CCNC(=O)c2ccc(Cc3c(C)noc3C)o2)cc1. The summed E-state index contributed by atoms with van der Waals surface area (Å²) < 4.78 is 10.8. The lowest BCUT2D eigenvalue weighted by Gasteiger charge is -2.04. The summed E-state index contributed by atoms with van der Waals surface area (Å²) in [7, 11) is 0. The number of aromatic nitrogens is 1. The van der Waals surface area contributed by atoms with Gasteiger partial charge >= 0.3 is 0 Å². The van der Waals surface area contributed by atoms with Crippen molar-refractivity contribution in [1.29, 1.82) is 0 Å². The molecule has 0 aliphatic heterocycles. The van der Waals surface area contributed by atoms with E-state index in [0.717, 1.165) is 29.2 Å². The number of hydrogen-bond donors (Lipinski definition) is 1. The maximum atomic E-state index is 12.2. The molecule has 0 unspecified atom stereocenters. The molecule has 1 aromatic carbocycles. The maximum absolute atomic E-state index is 12.2.